The number of aryl methyl sites for hydroxylation is 1. The summed E-state index contributed by atoms with van der Waals surface area (Å²) in [4.78, 5) is 36.3. The van der Waals surface area contributed by atoms with Gasteiger partial charge in [0.15, 0.2) is 18.2 Å². The molecule has 0 aliphatic heterocycles. The van der Waals surface area contributed by atoms with Gasteiger partial charge in [0.05, 0.1) is 6.42 Å². The molecule has 160 valence electrons. The fourth-order valence-corrected chi connectivity index (χ4v) is 2.84. The first-order chi connectivity index (χ1) is 14.9. The molecule has 0 spiro atoms. The Balaban J connectivity index is 1.55. The molecule has 0 saturated carbocycles. The lowest BCUT2D eigenvalue weighted by Gasteiger charge is -2.11. The maximum atomic E-state index is 12.9. The zero-order valence-corrected chi connectivity index (χ0v) is 17.0. The van der Waals surface area contributed by atoms with Gasteiger partial charge >= 0.3 is 5.97 Å². The van der Waals surface area contributed by atoms with Gasteiger partial charge in [0.1, 0.15) is 5.82 Å². The molecular formula is C22H22FN5O3. The summed E-state index contributed by atoms with van der Waals surface area (Å²) < 4.78 is 18.1. The van der Waals surface area contributed by atoms with Crippen LogP contribution in [0.2, 0.25) is 0 Å². The van der Waals surface area contributed by atoms with E-state index in [1.807, 2.05) is 31.2 Å². The number of ether oxygens (including phenoxy) is 1. The lowest BCUT2D eigenvalue weighted by Crippen LogP contribution is -2.12. The average Bonchev–Trinajstić information content (AvgIpc) is 2.76. The third-order valence-corrected chi connectivity index (χ3v) is 4.43. The standard InChI is InChI=1S/C22H22FN5O3/c1-2-14-5-3-4-6-17(14)25-22-27-19(26-21(24)28-22)13-31-20(30)12-11-18(29)15-7-9-16(23)10-8-15/h3-10H,2,11-13H2,1H3,(H3,24,25,26,27,28). The summed E-state index contributed by atoms with van der Waals surface area (Å²) in [7, 11) is 0. The Morgan fingerprint density at radius 3 is 2.52 bits per heavy atom. The van der Waals surface area contributed by atoms with Gasteiger partial charge in [-0.15, -0.1) is 0 Å². The fraction of sp³-hybridized carbons (Fsp3) is 0.227. The van der Waals surface area contributed by atoms with Crippen molar-refractivity contribution in [3.63, 3.8) is 0 Å². The van der Waals surface area contributed by atoms with Crippen molar-refractivity contribution >= 4 is 29.3 Å². The van der Waals surface area contributed by atoms with E-state index in [1.165, 1.54) is 24.3 Å². The van der Waals surface area contributed by atoms with Crippen molar-refractivity contribution in [2.24, 2.45) is 0 Å². The van der Waals surface area contributed by atoms with Gasteiger partial charge in [-0.3, -0.25) is 9.59 Å². The predicted molar refractivity (Wildman–Crippen MR) is 113 cm³/mol. The number of aromatic nitrogens is 3. The van der Waals surface area contributed by atoms with Gasteiger partial charge in [0, 0.05) is 17.7 Å². The number of esters is 1. The highest BCUT2D eigenvalue weighted by atomic mass is 19.1. The number of carbonyl (C=O) groups excluding carboxylic acids is 2. The number of hydrogen-bond donors (Lipinski definition) is 2. The lowest BCUT2D eigenvalue weighted by molar-refractivity contribution is -0.145. The van der Waals surface area contributed by atoms with Gasteiger partial charge in [-0.25, -0.2) is 4.39 Å². The number of anilines is 3. The van der Waals surface area contributed by atoms with Crippen molar-refractivity contribution in [3.05, 3.63) is 71.3 Å². The number of carbonyl (C=O) groups is 2. The molecule has 0 unspecified atom stereocenters. The van der Waals surface area contributed by atoms with Crippen LogP contribution in [0.1, 0.15) is 41.5 Å². The minimum atomic E-state index is -0.583. The highest BCUT2D eigenvalue weighted by molar-refractivity contribution is 5.97. The van der Waals surface area contributed by atoms with Crippen LogP contribution >= 0.6 is 0 Å². The second-order valence-electron chi connectivity index (χ2n) is 6.66. The summed E-state index contributed by atoms with van der Waals surface area (Å²) in [6.45, 7) is 1.83. The second-order valence-corrected chi connectivity index (χ2v) is 6.66. The van der Waals surface area contributed by atoms with E-state index in [9.17, 15) is 14.0 Å². The maximum absolute atomic E-state index is 12.9. The second kappa shape index (κ2) is 10.2. The van der Waals surface area contributed by atoms with E-state index in [-0.39, 0.29) is 43.0 Å². The van der Waals surface area contributed by atoms with Crippen LogP contribution in [-0.2, 0) is 22.6 Å². The smallest absolute Gasteiger partial charge is 0.306 e. The Bertz CT molecular complexity index is 1070. The summed E-state index contributed by atoms with van der Waals surface area (Å²) in [5.41, 5.74) is 8.01. The molecule has 9 heteroatoms. The van der Waals surface area contributed by atoms with Gasteiger partial charge < -0.3 is 15.8 Å². The topological polar surface area (TPSA) is 120 Å². The number of nitrogens with one attached hydrogen (secondary N) is 1. The van der Waals surface area contributed by atoms with Crippen LogP contribution in [0.3, 0.4) is 0 Å². The zero-order chi connectivity index (χ0) is 22.2. The monoisotopic (exact) mass is 423 g/mol. The van der Waals surface area contributed by atoms with E-state index in [0.29, 0.717) is 5.56 Å². The molecule has 0 atom stereocenters. The molecule has 0 aliphatic rings. The predicted octanol–water partition coefficient (Wildman–Crippen LogP) is 3.61. The molecule has 31 heavy (non-hydrogen) atoms. The highest BCUT2D eigenvalue weighted by Gasteiger charge is 2.13. The fourth-order valence-electron chi connectivity index (χ4n) is 2.84. The van der Waals surface area contributed by atoms with Crippen LogP contribution < -0.4 is 11.1 Å². The Labute approximate surface area is 178 Å². The number of rotatable bonds is 9. The third kappa shape index (κ3) is 6.30. The number of ketones is 1. The molecule has 0 bridgehead atoms. The Hall–Kier alpha value is -3.88. The molecule has 3 aromatic rings. The molecule has 0 aliphatic carbocycles. The van der Waals surface area contributed by atoms with Crippen molar-refractivity contribution in [1.82, 2.24) is 15.0 Å². The minimum Gasteiger partial charge on any atom is -0.457 e. The lowest BCUT2D eigenvalue weighted by atomic mass is 10.1. The van der Waals surface area contributed by atoms with Gasteiger partial charge in [-0.05, 0) is 42.3 Å². The number of nitrogens with two attached hydrogens (primary N) is 1. The summed E-state index contributed by atoms with van der Waals surface area (Å²) in [6.07, 6.45) is 0.654. The van der Waals surface area contributed by atoms with E-state index in [4.69, 9.17) is 10.5 Å². The van der Waals surface area contributed by atoms with E-state index < -0.39 is 11.8 Å². The number of nitrogens with zero attached hydrogens (tertiary/aromatic N) is 3. The summed E-state index contributed by atoms with van der Waals surface area (Å²) in [5, 5.41) is 3.10. The van der Waals surface area contributed by atoms with Crippen LogP contribution in [0.25, 0.3) is 0 Å². The third-order valence-electron chi connectivity index (χ3n) is 4.43. The van der Waals surface area contributed by atoms with E-state index in [0.717, 1.165) is 17.7 Å². The summed E-state index contributed by atoms with van der Waals surface area (Å²) >= 11 is 0. The van der Waals surface area contributed by atoms with Gasteiger partial charge in [-0.1, -0.05) is 25.1 Å². The molecule has 0 fully saturated rings. The maximum Gasteiger partial charge on any atom is 0.306 e. The molecule has 0 saturated heterocycles. The first-order valence-electron chi connectivity index (χ1n) is 9.74. The molecule has 1 aromatic heterocycles. The SMILES string of the molecule is CCc1ccccc1Nc1nc(N)nc(COC(=O)CCC(=O)c2ccc(F)cc2)n1. The number of nitrogen functional groups attached to an aromatic ring is 1. The van der Waals surface area contributed by atoms with Crippen molar-refractivity contribution in [2.45, 2.75) is 32.8 Å². The molecule has 3 rings (SSSR count). The number of Topliss-reactive ketones (excluding diaryl/α,β-unsaturated/α-hetero) is 1. The van der Waals surface area contributed by atoms with Crippen LogP contribution in [0.15, 0.2) is 48.5 Å². The van der Waals surface area contributed by atoms with Crippen LogP contribution in [0.5, 0.6) is 0 Å². The Kier molecular flexibility index (Phi) is 7.21. The normalized spacial score (nSPS) is 10.5. The van der Waals surface area contributed by atoms with E-state index >= 15 is 0 Å². The van der Waals surface area contributed by atoms with Gasteiger partial charge in [-0.2, -0.15) is 15.0 Å². The number of benzene rings is 2. The largest absolute Gasteiger partial charge is 0.457 e. The van der Waals surface area contributed by atoms with Crippen LogP contribution in [0.4, 0.5) is 22.0 Å². The molecular weight excluding hydrogens is 401 g/mol. The van der Waals surface area contributed by atoms with Crippen molar-refractivity contribution in [3.8, 4) is 0 Å². The van der Waals surface area contributed by atoms with Crippen LogP contribution in [0, 0.1) is 5.82 Å². The number of hydrogen-bond acceptors (Lipinski definition) is 8. The summed E-state index contributed by atoms with van der Waals surface area (Å²) in [5.74, 6) is -0.875. The zero-order valence-electron chi connectivity index (χ0n) is 17.0. The van der Waals surface area contributed by atoms with Crippen molar-refractivity contribution in [1.29, 1.82) is 0 Å². The molecule has 0 radical (unpaired) electrons. The summed E-state index contributed by atoms with van der Waals surface area (Å²) in [6, 6.07) is 12.9. The molecule has 8 nitrogen and oxygen atoms in total. The van der Waals surface area contributed by atoms with Gasteiger partial charge in [0.2, 0.25) is 11.9 Å². The molecule has 2 aromatic carbocycles. The van der Waals surface area contributed by atoms with Crippen molar-refractivity contribution < 1.29 is 18.7 Å². The molecule has 0 amide bonds. The Morgan fingerprint density at radius 1 is 1.03 bits per heavy atom. The quantitative estimate of drug-likeness (QED) is 0.396. The first kappa shape index (κ1) is 21.8. The highest BCUT2D eigenvalue weighted by Crippen LogP contribution is 2.19. The van der Waals surface area contributed by atoms with Crippen LogP contribution in [-0.4, -0.2) is 26.7 Å². The number of halogens is 1. The van der Waals surface area contributed by atoms with E-state index in [1.54, 1.807) is 0 Å². The first-order valence-corrected chi connectivity index (χ1v) is 9.74. The molecule has 3 N–H and O–H groups in total. The molecule has 1 heterocycles. The average molecular weight is 423 g/mol. The van der Waals surface area contributed by atoms with Crippen molar-refractivity contribution in [2.75, 3.05) is 11.1 Å². The van der Waals surface area contributed by atoms with Gasteiger partial charge in [0.25, 0.3) is 0 Å². The number of para-hydroxylation sites is 1. The minimum absolute atomic E-state index is 0.0102. The van der Waals surface area contributed by atoms with E-state index in [2.05, 4.69) is 20.3 Å². The Morgan fingerprint density at radius 2 is 1.77 bits per heavy atom.